The Kier molecular flexibility index (Phi) is 4.47. The van der Waals surface area contributed by atoms with Gasteiger partial charge >= 0.3 is 5.97 Å². The number of nitrogens with zero attached hydrogens (tertiary/aromatic N) is 1. The molecule has 1 aromatic carbocycles. The highest BCUT2D eigenvalue weighted by molar-refractivity contribution is 7.99. The zero-order valence-corrected chi connectivity index (χ0v) is 11.7. The van der Waals surface area contributed by atoms with E-state index >= 15 is 0 Å². The number of amides is 1. The number of hydrogen-bond donors (Lipinski definition) is 1. The Hall–Kier alpha value is -1.49. The molecule has 1 aliphatic rings. The van der Waals surface area contributed by atoms with Gasteiger partial charge in [-0.05, 0) is 29.9 Å². The van der Waals surface area contributed by atoms with Gasteiger partial charge in [0.05, 0.1) is 12.0 Å². The summed E-state index contributed by atoms with van der Waals surface area (Å²) in [7, 11) is 1.83. The van der Waals surface area contributed by atoms with E-state index in [1.54, 1.807) is 23.1 Å². The number of thioether (sulfide) groups is 1. The normalized spacial score (nSPS) is 18.3. The molecule has 0 bridgehead atoms. The Morgan fingerprint density at radius 3 is 2.89 bits per heavy atom. The van der Waals surface area contributed by atoms with Crippen LogP contribution >= 0.6 is 11.8 Å². The average Bonchev–Trinajstić information content (AvgIpc) is 2.92. The van der Waals surface area contributed by atoms with E-state index < -0.39 is 5.97 Å². The van der Waals surface area contributed by atoms with E-state index in [9.17, 15) is 9.59 Å². The van der Waals surface area contributed by atoms with Crippen molar-refractivity contribution in [2.75, 3.05) is 18.6 Å². The number of benzene rings is 1. The number of carbonyl (C=O) groups excluding carboxylic acids is 1. The second kappa shape index (κ2) is 6.10. The quantitative estimate of drug-likeness (QED) is 0.914. The summed E-state index contributed by atoms with van der Waals surface area (Å²) in [6.45, 7) is 0. The Labute approximate surface area is 116 Å². The number of carboxylic acids is 1. The van der Waals surface area contributed by atoms with Crippen molar-refractivity contribution in [2.45, 2.75) is 18.9 Å². The molecule has 1 N–H and O–H groups in total. The fourth-order valence-electron chi connectivity index (χ4n) is 2.14. The van der Waals surface area contributed by atoms with E-state index in [1.807, 2.05) is 18.8 Å². The van der Waals surface area contributed by atoms with Gasteiger partial charge < -0.3 is 10.0 Å². The third-order valence-corrected chi connectivity index (χ3v) is 4.52. The standard InChI is InChI=1S/C14H17NO3S/c1-15(12-5-6-19-9-12)13(16)8-10-3-2-4-11(7-10)14(17)18/h2-4,7,12H,5-6,8-9H2,1H3,(H,17,18). The summed E-state index contributed by atoms with van der Waals surface area (Å²) < 4.78 is 0. The number of carbonyl (C=O) groups is 2. The molecule has 0 aromatic heterocycles. The monoisotopic (exact) mass is 279 g/mol. The Morgan fingerprint density at radius 1 is 1.47 bits per heavy atom. The van der Waals surface area contributed by atoms with E-state index in [0.717, 1.165) is 23.5 Å². The maximum Gasteiger partial charge on any atom is 0.335 e. The van der Waals surface area contributed by atoms with Gasteiger partial charge in [-0.1, -0.05) is 12.1 Å². The fraction of sp³-hybridized carbons (Fsp3) is 0.429. The second-order valence-electron chi connectivity index (χ2n) is 4.70. The molecule has 0 saturated carbocycles. The molecule has 2 rings (SSSR count). The van der Waals surface area contributed by atoms with Crippen molar-refractivity contribution in [3.05, 3.63) is 35.4 Å². The minimum Gasteiger partial charge on any atom is -0.478 e. The van der Waals surface area contributed by atoms with Crippen molar-refractivity contribution in [3.63, 3.8) is 0 Å². The molecule has 0 aliphatic carbocycles. The Balaban J connectivity index is 2.01. The maximum atomic E-state index is 12.1. The van der Waals surface area contributed by atoms with Gasteiger partial charge in [0, 0.05) is 18.8 Å². The molecule has 1 aliphatic heterocycles. The SMILES string of the molecule is CN(C(=O)Cc1cccc(C(=O)O)c1)C1CCSC1. The third kappa shape index (κ3) is 3.50. The van der Waals surface area contributed by atoms with Crippen LogP contribution in [0.1, 0.15) is 22.3 Å². The minimum absolute atomic E-state index is 0.0510. The first-order chi connectivity index (χ1) is 9.08. The highest BCUT2D eigenvalue weighted by Crippen LogP contribution is 2.22. The highest BCUT2D eigenvalue weighted by Gasteiger charge is 2.23. The van der Waals surface area contributed by atoms with Crippen LogP contribution in [0.5, 0.6) is 0 Å². The summed E-state index contributed by atoms with van der Waals surface area (Å²) in [4.78, 5) is 24.8. The number of hydrogen-bond acceptors (Lipinski definition) is 3. The maximum absolute atomic E-state index is 12.1. The summed E-state index contributed by atoms with van der Waals surface area (Å²) in [5.41, 5.74) is 0.978. The fourth-order valence-corrected chi connectivity index (χ4v) is 3.41. The highest BCUT2D eigenvalue weighted by atomic mass is 32.2. The van der Waals surface area contributed by atoms with E-state index in [0.29, 0.717) is 6.04 Å². The van der Waals surface area contributed by atoms with E-state index in [-0.39, 0.29) is 17.9 Å². The minimum atomic E-state index is -0.963. The van der Waals surface area contributed by atoms with Gasteiger partial charge in [0.15, 0.2) is 0 Å². The third-order valence-electron chi connectivity index (χ3n) is 3.38. The van der Waals surface area contributed by atoms with E-state index in [2.05, 4.69) is 0 Å². The van der Waals surface area contributed by atoms with Crippen molar-refractivity contribution >= 4 is 23.6 Å². The van der Waals surface area contributed by atoms with Gasteiger partial charge in [-0.3, -0.25) is 4.79 Å². The molecule has 0 radical (unpaired) electrons. The predicted molar refractivity (Wildman–Crippen MR) is 75.6 cm³/mol. The molecule has 1 unspecified atom stereocenters. The molecule has 1 atom stereocenters. The van der Waals surface area contributed by atoms with Crippen LogP contribution in [0.4, 0.5) is 0 Å². The van der Waals surface area contributed by atoms with Gasteiger partial charge in [0.2, 0.25) is 5.91 Å². The predicted octanol–water partition coefficient (Wildman–Crippen LogP) is 1.89. The first-order valence-corrected chi connectivity index (χ1v) is 7.39. The number of rotatable bonds is 4. The zero-order valence-electron chi connectivity index (χ0n) is 10.8. The van der Waals surface area contributed by atoms with Gasteiger partial charge in [0.25, 0.3) is 0 Å². The number of likely N-dealkylation sites (N-methyl/N-ethyl adjacent to an activating group) is 1. The van der Waals surface area contributed by atoms with Gasteiger partial charge in [0.1, 0.15) is 0 Å². The van der Waals surface area contributed by atoms with E-state index in [4.69, 9.17) is 5.11 Å². The molecule has 19 heavy (non-hydrogen) atoms. The van der Waals surface area contributed by atoms with Crippen molar-refractivity contribution < 1.29 is 14.7 Å². The van der Waals surface area contributed by atoms with Crippen LogP contribution < -0.4 is 0 Å². The molecular formula is C14H17NO3S. The number of carboxylic acid groups (broad SMARTS) is 1. The lowest BCUT2D eigenvalue weighted by molar-refractivity contribution is -0.130. The van der Waals surface area contributed by atoms with Crippen molar-refractivity contribution in [1.29, 1.82) is 0 Å². The molecule has 5 heteroatoms. The van der Waals surface area contributed by atoms with Gasteiger partial charge in [-0.15, -0.1) is 0 Å². The molecule has 102 valence electrons. The lowest BCUT2D eigenvalue weighted by Crippen LogP contribution is -2.37. The average molecular weight is 279 g/mol. The summed E-state index contributed by atoms with van der Waals surface area (Å²) in [6.07, 6.45) is 1.31. The zero-order chi connectivity index (χ0) is 13.8. The molecule has 1 saturated heterocycles. The topological polar surface area (TPSA) is 57.6 Å². The van der Waals surface area contributed by atoms with Crippen molar-refractivity contribution in [2.24, 2.45) is 0 Å². The van der Waals surface area contributed by atoms with Crippen LogP contribution in [0, 0.1) is 0 Å². The lowest BCUT2D eigenvalue weighted by atomic mass is 10.1. The molecule has 0 spiro atoms. The Bertz CT molecular complexity index is 483. The molecule has 1 heterocycles. The van der Waals surface area contributed by atoms with Crippen LogP contribution in [-0.4, -0.2) is 46.5 Å². The molecular weight excluding hydrogens is 262 g/mol. The first kappa shape index (κ1) is 13.9. The van der Waals surface area contributed by atoms with Crippen LogP contribution in [0.3, 0.4) is 0 Å². The Morgan fingerprint density at radius 2 is 2.26 bits per heavy atom. The summed E-state index contributed by atoms with van der Waals surface area (Å²) >= 11 is 1.87. The van der Waals surface area contributed by atoms with Gasteiger partial charge in [-0.25, -0.2) is 4.79 Å². The summed E-state index contributed by atoms with van der Waals surface area (Å²) in [5.74, 6) is 1.19. The summed E-state index contributed by atoms with van der Waals surface area (Å²) in [5, 5.41) is 8.93. The number of aromatic carboxylic acids is 1. The smallest absolute Gasteiger partial charge is 0.335 e. The van der Waals surface area contributed by atoms with Crippen LogP contribution in [-0.2, 0) is 11.2 Å². The second-order valence-corrected chi connectivity index (χ2v) is 5.85. The van der Waals surface area contributed by atoms with Crippen LogP contribution in [0.2, 0.25) is 0 Å². The lowest BCUT2D eigenvalue weighted by Gasteiger charge is -2.23. The molecule has 1 fully saturated rings. The van der Waals surface area contributed by atoms with Crippen molar-refractivity contribution in [3.8, 4) is 0 Å². The molecule has 1 amide bonds. The van der Waals surface area contributed by atoms with Crippen LogP contribution in [0.25, 0.3) is 0 Å². The van der Waals surface area contributed by atoms with Gasteiger partial charge in [-0.2, -0.15) is 11.8 Å². The molecule has 1 aromatic rings. The van der Waals surface area contributed by atoms with Crippen LogP contribution in [0.15, 0.2) is 24.3 Å². The molecule has 4 nitrogen and oxygen atoms in total. The largest absolute Gasteiger partial charge is 0.478 e. The van der Waals surface area contributed by atoms with E-state index in [1.165, 1.54) is 6.07 Å². The summed E-state index contributed by atoms with van der Waals surface area (Å²) in [6, 6.07) is 6.89. The van der Waals surface area contributed by atoms with Crippen molar-refractivity contribution in [1.82, 2.24) is 4.90 Å². The first-order valence-electron chi connectivity index (χ1n) is 6.23.